The largest absolute Gasteiger partial charge is 1.00 e. The molecule has 0 aromatic heterocycles. The van der Waals surface area contributed by atoms with Gasteiger partial charge in [0.15, 0.2) is 0 Å². The molecule has 3 aromatic rings. The van der Waals surface area contributed by atoms with E-state index in [1.165, 1.54) is 28.8 Å². The van der Waals surface area contributed by atoms with Gasteiger partial charge in [0.1, 0.15) is 28.9 Å². The fourth-order valence-corrected chi connectivity index (χ4v) is 7.84. The number of phenolic OH excluding ortho intramolecular Hbond substituents is 1. The van der Waals surface area contributed by atoms with Gasteiger partial charge in [-0.25, -0.2) is 0 Å². The summed E-state index contributed by atoms with van der Waals surface area (Å²) in [6.07, 6.45) is 3.47. The second kappa shape index (κ2) is 9.17. The molecule has 0 fully saturated rings. The molecule has 3 aromatic carbocycles. The van der Waals surface area contributed by atoms with E-state index in [1.54, 1.807) is 6.07 Å². The zero-order chi connectivity index (χ0) is 16.8. The van der Waals surface area contributed by atoms with Crippen LogP contribution >= 0.6 is 7.26 Å². The number of phenols is 1. The minimum absolute atomic E-state index is 0. The molecule has 0 aliphatic rings. The number of hydrogen-bond acceptors (Lipinski definition) is 1. The molecule has 0 spiro atoms. The molecular weight excluding hydrogens is 391 g/mol. The minimum atomic E-state index is -1.76. The fraction of sp³-hybridized carbons (Fsp3) is 0.182. The molecule has 0 heterocycles. The molecule has 3 rings (SSSR count). The van der Waals surface area contributed by atoms with Crippen LogP contribution in [0.5, 0.6) is 5.75 Å². The van der Waals surface area contributed by atoms with Crippen LogP contribution in [0.25, 0.3) is 0 Å². The van der Waals surface area contributed by atoms with Crippen LogP contribution in [0.1, 0.15) is 19.8 Å². The van der Waals surface area contributed by atoms with Gasteiger partial charge >= 0.3 is 0 Å². The first kappa shape index (κ1) is 19.7. The van der Waals surface area contributed by atoms with E-state index in [4.69, 9.17) is 0 Å². The van der Waals surface area contributed by atoms with Gasteiger partial charge in [-0.15, -0.1) is 0 Å². The molecule has 1 N–H and O–H groups in total. The number of benzene rings is 3. The third kappa shape index (κ3) is 4.14. The van der Waals surface area contributed by atoms with E-state index in [2.05, 4.69) is 73.7 Å². The van der Waals surface area contributed by atoms with E-state index in [-0.39, 0.29) is 17.0 Å². The SMILES string of the molecule is CCCC[P+](c1ccccc1)(c1ccccc1)c1cccc(O)c1.[Br-]. The lowest BCUT2D eigenvalue weighted by atomic mass is 10.3. The molecule has 0 aliphatic carbocycles. The molecule has 1 nitrogen and oxygen atoms in total. The third-order valence-electron chi connectivity index (χ3n) is 4.51. The van der Waals surface area contributed by atoms with Crippen molar-refractivity contribution in [3.8, 4) is 5.75 Å². The van der Waals surface area contributed by atoms with E-state index in [1.807, 2.05) is 12.1 Å². The van der Waals surface area contributed by atoms with Crippen molar-refractivity contribution in [3.63, 3.8) is 0 Å². The molecule has 0 aliphatic heterocycles. The van der Waals surface area contributed by atoms with E-state index in [0.717, 1.165) is 6.16 Å². The monoisotopic (exact) mass is 414 g/mol. The highest BCUT2D eigenvalue weighted by molar-refractivity contribution is 7.95. The maximum atomic E-state index is 10.1. The molecule has 0 bridgehead atoms. The summed E-state index contributed by atoms with van der Waals surface area (Å²) in [7, 11) is -1.76. The van der Waals surface area contributed by atoms with Gasteiger partial charge in [0.05, 0.1) is 6.16 Å². The van der Waals surface area contributed by atoms with Gasteiger partial charge in [0.2, 0.25) is 0 Å². The second-order valence-electron chi connectivity index (χ2n) is 6.08. The lowest BCUT2D eigenvalue weighted by molar-refractivity contribution is -0.00000582. The summed E-state index contributed by atoms with van der Waals surface area (Å²) in [6.45, 7) is 2.24. The average molecular weight is 415 g/mol. The van der Waals surface area contributed by atoms with Crippen molar-refractivity contribution < 1.29 is 22.1 Å². The Morgan fingerprint density at radius 2 is 1.24 bits per heavy atom. The number of hydrogen-bond donors (Lipinski definition) is 1. The van der Waals surface area contributed by atoms with Crippen molar-refractivity contribution in [2.75, 3.05) is 6.16 Å². The molecule has 0 atom stereocenters. The fourth-order valence-electron chi connectivity index (χ4n) is 3.33. The van der Waals surface area contributed by atoms with Gasteiger partial charge in [0.25, 0.3) is 0 Å². The second-order valence-corrected chi connectivity index (χ2v) is 9.69. The van der Waals surface area contributed by atoms with Crippen LogP contribution in [-0.4, -0.2) is 11.3 Å². The summed E-state index contributed by atoms with van der Waals surface area (Å²) < 4.78 is 0. The molecule has 130 valence electrons. The standard InChI is InChI=1S/C22H23OP.BrH/c1-2-3-17-24(20-12-6-4-7-13-20,21-14-8-5-9-15-21)22-16-10-11-19(23)18-22;/h4-16,18H,2-3,17H2,1H3;1H. The first-order valence-corrected chi connectivity index (χ1v) is 10.5. The highest BCUT2D eigenvalue weighted by atomic mass is 79.9. The Morgan fingerprint density at radius 1 is 0.720 bits per heavy atom. The van der Waals surface area contributed by atoms with E-state index in [0.29, 0.717) is 5.75 Å². The van der Waals surface area contributed by atoms with Gasteiger partial charge in [-0.3, -0.25) is 0 Å². The van der Waals surface area contributed by atoms with Gasteiger partial charge in [-0.1, -0.05) is 55.8 Å². The van der Waals surface area contributed by atoms with Crippen LogP contribution in [-0.2, 0) is 0 Å². The zero-order valence-corrected chi connectivity index (χ0v) is 17.0. The lowest BCUT2D eigenvalue weighted by Crippen LogP contribution is -3.00. The topological polar surface area (TPSA) is 20.2 Å². The van der Waals surface area contributed by atoms with Crippen molar-refractivity contribution in [3.05, 3.63) is 84.9 Å². The van der Waals surface area contributed by atoms with Gasteiger partial charge in [-0.2, -0.15) is 0 Å². The number of rotatable bonds is 6. The Balaban J connectivity index is 0.00000225. The van der Waals surface area contributed by atoms with Crippen LogP contribution in [0.15, 0.2) is 84.9 Å². The Hall–Kier alpha value is -1.63. The Kier molecular flexibility index (Phi) is 7.23. The van der Waals surface area contributed by atoms with Crippen LogP contribution in [0.2, 0.25) is 0 Å². The molecular formula is C22H24BrOP. The maximum Gasteiger partial charge on any atom is 0.119 e. The third-order valence-corrected chi connectivity index (χ3v) is 9.02. The van der Waals surface area contributed by atoms with Crippen LogP contribution in [0.4, 0.5) is 0 Å². The molecule has 0 saturated heterocycles. The van der Waals surface area contributed by atoms with E-state index in [9.17, 15) is 5.11 Å². The molecule has 0 radical (unpaired) electrons. The van der Waals surface area contributed by atoms with E-state index < -0.39 is 7.26 Å². The van der Waals surface area contributed by atoms with Crippen molar-refractivity contribution >= 4 is 23.2 Å². The molecule has 0 amide bonds. The Morgan fingerprint density at radius 3 is 1.72 bits per heavy atom. The van der Waals surface area contributed by atoms with Crippen molar-refractivity contribution in [1.29, 1.82) is 0 Å². The zero-order valence-electron chi connectivity index (χ0n) is 14.5. The first-order chi connectivity index (χ1) is 11.8. The Labute approximate surface area is 161 Å². The Bertz CT molecular complexity index is 735. The normalized spacial score (nSPS) is 10.9. The molecule has 0 saturated carbocycles. The summed E-state index contributed by atoms with van der Waals surface area (Å²) in [5.74, 6) is 0.347. The minimum Gasteiger partial charge on any atom is -1.00 e. The smallest absolute Gasteiger partial charge is 0.119 e. The van der Waals surface area contributed by atoms with Crippen LogP contribution in [0.3, 0.4) is 0 Å². The summed E-state index contributed by atoms with van der Waals surface area (Å²) in [6, 6.07) is 29.5. The lowest BCUT2D eigenvalue weighted by Gasteiger charge is -2.27. The molecule has 25 heavy (non-hydrogen) atoms. The van der Waals surface area contributed by atoms with E-state index >= 15 is 0 Å². The summed E-state index contributed by atoms with van der Waals surface area (Å²) in [5, 5.41) is 14.1. The number of halogens is 1. The highest BCUT2D eigenvalue weighted by Crippen LogP contribution is 2.56. The van der Waals surface area contributed by atoms with Gasteiger partial charge in [0, 0.05) is 6.07 Å². The van der Waals surface area contributed by atoms with Crippen molar-refractivity contribution in [2.45, 2.75) is 19.8 Å². The number of unbranched alkanes of at least 4 members (excludes halogenated alkanes) is 1. The predicted octanol–water partition coefficient (Wildman–Crippen LogP) is 1.49. The highest BCUT2D eigenvalue weighted by Gasteiger charge is 2.44. The number of aromatic hydroxyl groups is 1. The predicted molar refractivity (Wildman–Crippen MR) is 107 cm³/mol. The molecule has 0 unspecified atom stereocenters. The first-order valence-electron chi connectivity index (χ1n) is 8.56. The quantitative estimate of drug-likeness (QED) is 0.605. The van der Waals surface area contributed by atoms with Gasteiger partial charge < -0.3 is 22.1 Å². The molecule has 3 heteroatoms. The van der Waals surface area contributed by atoms with Gasteiger partial charge in [-0.05, 0) is 42.8 Å². The summed E-state index contributed by atoms with van der Waals surface area (Å²) >= 11 is 0. The summed E-state index contributed by atoms with van der Waals surface area (Å²) in [5.41, 5.74) is 0. The summed E-state index contributed by atoms with van der Waals surface area (Å²) in [4.78, 5) is 0. The van der Waals surface area contributed by atoms with Crippen LogP contribution in [0, 0.1) is 0 Å². The maximum absolute atomic E-state index is 10.1. The van der Waals surface area contributed by atoms with Crippen molar-refractivity contribution in [1.82, 2.24) is 0 Å². The van der Waals surface area contributed by atoms with Crippen molar-refractivity contribution in [2.24, 2.45) is 0 Å². The average Bonchev–Trinajstić information content (AvgIpc) is 2.64. The van der Waals surface area contributed by atoms with Crippen LogP contribution < -0.4 is 32.9 Å².